The van der Waals surface area contributed by atoms with Crippen molar-refractivity contribution in [2.75, 3.05) is 18.4 Å². The molecule has 0 fully saturated rings. The van der Waals surface area contributed by atoms with Gasteiger partial charge in [-0.25, -0.2) is 9.97 Å². The average molecular weight is 254 g/mol. The maximum atomic E-state index is 4.23. The molecule has 19 heavy (non-hydrogen) atoms. The van der Waals surface area contributed by atoms with E-state index in [9.17, 15) is 0 Å². The first-order valence-electron chi connectivity index (χ1n) is 6.66. The monoisotopic (exact) mass is 254 g/mol. The maximum absolute atomic E-state index is 4.23. The van der Waals surface area contributed by atoms with Crippen LogP contribution < -0.4 is 10.6 Å². The lowest BCUT2D eigenvalue weighted by molar-refractivity contribution is 0.523. The molecule has 0 saturated carbocycles. The molecule has 0 aliphatic carbocycles. The Morgan fingerprint density at radius 2 is 2.21 bits per heavy atom. The molecule has 4 heteroatoms. The van der Waals surface area contributed by atoms with Crippen LogP contribution in [0.5, 0.6) is 0 Å². The van der Waals surface area contributed by atoms with E-state index in [1.807, 2.05) is 13.0 Å². The Morgan fingerprint density at radius 3 is 3.11 bits per heavy atom. The molecule has 0 bridgehead atoms. The van der Waals surface area contributed by atoms with Gasteiger partial charge in [0.05, 0.1) is 0 Å². The van der Waals surface area contributed by atoms with Crippen LogP contribution in [0.1, 0.15) is 22.9 Å². The van der Waals surface area contributed by atoms with Crippen molar-refractivity contribution in [2.45, 2.75) is 19.4 Å². The molecule has 1 aromatic carbocycles. The zero-order chi connectivity index (χ0) is 13.1. The molecular weight excluding hydrogens is 236 g/mol. The van der Waals surface area contributed by atoms with Crippen molar-refractivity contribution in [2.24, 2.45) is 0 Å². The van der Waals surface area contributed by atoms with Gasteiger partial charge in [-0.3, -0.25) is 0 Å². The van der Waals surface area contributed by atoms with Crippen LogP contribution in [0.2, 0.25) is 0 Å². The van der Waals surface area contributed by atoms with Gasteiger partial charge in [-0.05, 0) is 31.0 Å². The van der Waals surface area contributed by atoms with Gasteiger partial charge < -0.3 is 10.6 Å². The Hall–Kier alpha value is -1.94. The Morgan fingerprint density at radius 1 is 1.32 bits per heavy atom. The summed E-state index contributed by atoms with van der Waals surface area (Å²) in [5.74, 6) is 0.886. The molecule has 98 valence electrons. The van der Waals surface area contributed by atoms with Crippen LogP contribution >= 0.6 is 0 Å². The maximum Gasteiger partial charge on any atom is 0.129 e. The molecule has 0 radical (unpaired) electrons. The number of anilines is 1. The molecule has 0 spiro atoms. The molecular formula is C15H18N4. The lowest BCUT2D eigenvalue weighted by atomic mass is 9.94. The minimum Gasteiger partial charge on any atom is -0.368 e. The van der Waals surface area contributed by atoms with Gasteiger partial charge in [0.1, 0.15) is 12.1 Å². The van der Waals surface area contributed by atoms with Crippen molar-refractivity contribution < 1.29 is 0 Å². The minimum absolute atomic E-state index is 0.347. The quantitative estimate of drug-likeness (QED) is 0.880. The Labute approximate surface area is 113 Å². The van der Waals surface area contributed by atoms with E-state index in [1.54, 1.807) is 6.33 Å². The molecule has 2 aromatic rings. The van der Waals surface area contributed by atoms with E-state index >= 15 is 0 Å². The van der Waals surface area contributed by atoms with Gasteiger partial charge in [0.2, 0.25) is 0 Å². The first-order chi connectivity index (χ1) is 9.33. The van der Waals surface area contributed by atoms with Gasteiger partial charge in [0.25, 0.3) is 0 Å². The lowest BCUT2D eigenvalue weighted by Gasteiger charge is -2.27. The molecule has 1 aliphatic heterocycles. The summed E-state index contributed by atoms with van der Waals surface area (Å²) in [7, 11) is 0. The van der Waals surface area contributed by atoms with Gasteiger partial charge in [0.15, 0.2) is 0 Å². The van der Waals surface area contributed by atoms with E-state index in [0.717, 1.165) is 31.0 Å². The molecule has 2 heterocycles. The lowest BCUT2D eigenvalue weighted by Crippen LogP contribution is -2.34. The minimum atomic E-state index is 0.347. The standard InChI is InChI=1S/C15H18N4/c1-11-8-15(19-10-18-11)17-9-14-13-5-3-2-4-12(13)6-7-16-14/h2-5,8,10,14,16H,6-7,9H2,1H3,(H,17,18,19). The zero-order valence-corrected chi connectivity index (χ0v) is 11.1. The second-order valence-corrected chi connectivity index (χ2v) is 4.88. The van der Waals surface area contributed by atoms with E-state index in [2.05, 4.69) is 44.9 Å². The molecule has 1 atom stereocenters. The van der Waals surface area contributed by atoms with Crippen molar-refractivity contribution in [1.29, 1.82) is 0 Å². The fourth-order valence-electron chi connectivity index (χ4n) is 2.53. The molecule has 1 unspecified atom stereocenters. The Balaban J connectivity index is 1.71. The first kappa shape index (κ1) is 12.1. The SMILES string of the molecule is Cc1cc(NCC2NCCc3ccccc32)ncn1. The van der Waals surface area contributed by atoms with Crippen LogP contribution in [-0.2, 0) is 6.42 Å². The number of hydrogen-bond acceptors (Lipinski definition) is 4. The molecule has 4 nitrogen and oxygen atoms in total. The van der Waals surface area contributed by atoms with Gasteiger partial charge in [0, 0.05) is 24.3 Å². The smallest absolute Gasteiger partial charge is 0.129 e. The van der Waals surface area contributed by atoms with Crippen LogP contribution in [0.3, 0.4) is 0 Å². The van der Waals surface area contributed by atoms with Crippen LogP contribution in [0.15, 0.2) is 36.7 Å². The van der Waals surface area contributed by atoms with Gasteiger partial charge >= 0.3 is 0 Å². The number of aryl methyl sites for hydroxylation is 1. The van der Waals surface area contributed by atoms with E-state index in [1.165, 1.54) is 11.1 Å². The summed E-state index contributed by atoms with van der Waals surface area (Å²) in [6, 6.07) is 11.0. The highest BCUT2D eigenvalue weighted by Crippen LogP contribution is 2.22. The summed E-state index contributed by atoms with van der Waals surface area (Å²) < 4.78 is 0. The molecule has 1 aromatic heterocycles. The number of fused-ring (bicyclic) bond motifs is 1. The van der Waals surface area contributed by atoms with Gasteiger partial charge in [-0.1, -0.05) is 24.3 Å². The van der Waals surface area contributed by atoms with Crippen LogP contribution in [0, 0.1) is 6.92 Å². The normalized spacial score (nSPS) is 17.8. The van der Waals surface area contributed by atoms with Crippen LogP contribution in [0.4, 0.5) is 5.82 Å². The number of nitrogens with zero attached hydrogens (tertiary/aromatic N) is 2. The molecule has 0 saturated heterocycles. The van der Waals surface area contributed by atoms with Crippen molar-refractivity contribution in [3.05, 3.63) is 53.5 Å². The third kappa shape index (κ3) is 2.74. The van der Waals surface area contributed by atoms with E-state index < -0.39 is 0 Å². The van der Waals surface area contributed by atoms with Gasteiger partial charge in [-0.15, -0.1) is 0 Å². The summed E-state index contributed by atoms with van der Waals surface area (Å²) >= 11 is 0. The molecule has 1 aliphatic rings. The van der Waals surface area contributed by atoms with Crippen molar-refractivity contribution in [1.82, 2.24) is 15.3 Å². The van der Waals surface area contributed by atoms with Crippen LogP contribution in [-0.4, -0.2) is 23.1 Å². The highest BCUT2D eigenvalue weighted by Gasteiger charge is 2.18. The average Bonchev–Trinajstić information content (AvgIpc) is 2.45. The summed E-state index contributed by atoms with van der Waals surface area (Å²) in [5, 5.41) is 6.94. The van der Waals surface area contributed by atoms with Crippen molar-refractivity contribution in [3.63, 3.8) is 0 Å². The number of hydrogen-bond donors (Lipinski definition) is 2. The predicted molar refractivity (Wildman–Crippen MR) is 76.1 cm³/mol. The molecule has 3 rings (SSSR count). The number of aromatic nitrogens is 2. The van der Waals surface area contributed by atoms with E-state index in [4.69, 9.17) is 0 Å². The number of nitrogens with one attached hydrogen (secondary N) is 2. The Kier molecular flexibility index (Phi) is 3.42. The summed E-state index contributed by atoms with van der Waals surface area (Å²) in [5.41, 5.74) is 3.83. The largest absolute Gasteiger partial charge is 0.368 e. The van der Waals surface area contributed by atoms with E-state index in [-0.39, 0.29) is 0 Å². The predicted octanol–water partition coefficient (Wildman–Crippen LogP) is 2.08. The fourth-order valence-corrected chi connectivity index (χ4v) is 2.53. The Bertz CT molecular complexity index is 568. The van der Waals surface area contributed by atoms with Crippen molar-refractivity contribution in [3.8, 4) is 0 Å². The summed E-state index contributed by atoms with van der Waals surface area (Å²) in [6.45, 7) is 3.85. The molecule has 2 N–H and O–H groups in total. The van der Waals surface area contributed by atoms with E-state index in [0.29, 0.717) is 6.04 Å². The third-order valence-corrected chi connectivity index (χ3v) is 3.51. The second-order valence-electron chi connectivity index (χ2n) is 4.88. The highest BCUT2D eigenvalue weighted by atomic mass is 15.0. The third-order valence-electron chi connectivity index (χ3n) is 3.51. The first-order valence-corrected chi connectivity index (χ1v) is 6.66. The number of rotatable bonds is 3. The highest BCUT2D eigenvalue weighted by molar-refractivity contribution is 5.37. The summed E-state index contributed by atoms with van der Waals surface area (Å²) in [4.78, 5) is 8.33. The topological polar surface area (TPSA) is 49.8 Å². The second kappa shape index (κ2) is 5.36. The zero-order valence-electron chi connectivity index (χ0n) is 11.1. The number of benzene rings is 1. The van der Waals surface area contributed by atoms with Crippen molar-refractivity contribution >= 4 is 5.82 Å². The van der Waals surface area contributed by atoms with Gasteiger partial charge in [-0.2, -0.15) is 0 Å². The fraction of sp³-hybridized carbons (Fsp3) is 0.333. The summed E-state index contributed by atoms with van der Waals surface area (Å²) in [6.07, 6.45) is 2.71. The molecule has 0 amide bonds. The van der Waals surface area contributed by atoms with Crippen LogP contribution in [0.25, 0.3) is 0 Å².